The Morgan fingerprint density at radius 2 is 1.96 bits per heavy atom. The lowest BCUT2D eigenvalue weighted by molar-refractivity contribution is -0.138. The average Bonchev–Trinajstić information content (AvgIpc) is 2.85. The Labute approximate surface area is 173 Å². The molecule has 0 spiro atoms. The van der Waals surface area contributed by atoms with E-state index in [-0.39, 0.29) is 8.66 Å². The number of sulfonamides is 1. The first-order chi connectivity index (χ1) is 12.4. The number of halogens is 4. The number of guanidine groups is 1. The number of rotatable bonds is 1. The second-order valence-electron chi connectivity index (χ2n) is 7.39. The van der Waals surface area contributed by atoms with E-state index in [4.69, 9.17) is 4.74 Å². The highest BCUT2D eigenvalue weighted by atomic mass is 79.9. The van der Waals surface area contributed by atoms with E-state index in [1.165, 1.54) is 6.92 Å². The zero-order chi connectivity index (χ0) is 21.7. The molecule has 1 aromatic heterocycles. The monoisotopic (exact) mass is 505 g/mol. The largest absolute Gasteiger partial charge is 0.442 e. The Bertz CT molecular complexity index is 922. The lowest BCUT2D eigenvalue weighted by Gasteiger charge is -2.40. The third-order valence-corrected chi connectivity index (χ3v) is 7.53. The number of nitrogens with one attached hydrogen (secondary N) is 1. The summed E-state index contributed by atoms with van der Waals surface area (Å²) in [6, 6.07) is 0.891. The van der Waals surface area contributed by atoms with Crippen LogP contribution in [0.4, 0.5) is 18.0 Å². The maximum Gasteiger partial charge on any atom is 0.437 e. The molecule has 28 heavy (non-hydrogen) atoms. The zero-order valence-electron chi connectivity index (χ0n) is 15.6. The summed E-state index contributed by atoms with van der Waals surface area (Å²) in [6.45, 7) is 6.11. The third-order valence-electron chi connectivity index (χ3n) is 3.67. The van der Waals surface area contributed by atoms with Crippen LogP contribution in [0.5, 0.6) is 0 Å². The first-order valence-corrected chi connectivity index (χ1v) is 11.1. The molecule has 7 nitrogen and oxygen atoms in total. The zero-order valence-corrected chi connectivity index (χ0v) is 18.9. The molecule has 1 saturated heterocycles. The summed E-state index contributed by atoms with van der Waals surface area (Å²) in [7, 11) is -2.90. The van der Waals surface area contributed by atoms with Crippen molar-refractivity contribution in [2.75, 3.05) is 12.8 Å². The van der Waals surface area contributed by atoms with Gasteiger partial charge in [-0.2, -0.15) is 13.2 Å². The third kappa shape index (κ3) is 4.98. The molecule has 1 atom stereocenters. The minimum absolute atomic E-state index is 0.194. The Hall–Kier alpha value is -1.34. The van der Waals surface area contributed by atoms with E-state index < -0.39 is 50.7 Å². The molecule has 2 heterocycles. The number of hydrogen-bond acceptors (Lipinski definition) is 5. The van der Waals surface area contributed by atoms with E-state index in [1.807, 2.05) is 0 Å². The molecular weight excluding hydrogens is 487 g/mol. The van der Waals surface area contributed by atoms with Gasteiger partial charge in [-0.25, -0.2) is 17.5 Å². The predicted molar refractivity (Wildman–Crippen MR) is 103 cm³/mol. The minimum Gasteiger partial charge on any atom is -0.442 e. The Kier molecular flexibility index (Phi) is 5.87. The lowest BCUT2D eigenvalue weighted by atomic mass is 9.99. The van der Waals surface area contributed by atoms with Crippen LogP contribution in [-0.2, 0) is 26.5 Å². The Morgan fingerprint density at radius 3 is 2.46 bits per heavy atom. The van der Waals surface area contributed by atoms with Crippen LogP contribution in [0.1, 0.15) is 38.1 Å². The van der Waals surface area contributed by atoms with Crippen molar-refractivity contribution in [3.05, 3.63) is 20.3 Å². The lowest BCUT2D eigenvalue weighted by Crippen LogP contribution is -2.61. The van der Waals surface area contributed by atoms with Crippen LogP contribution in [0.15, 0.2) is 14.8 Å². The normalized spacial score (nSPS) is 24.2. The fraction of sp³-hybridized carbons (Fsp3) is 0.600. The van der Waals surface area contributed by atoms with Crippen molar-refractivity contribution in [2.45, 2.75) is 45.0 Å². The number of carbonyl (C=O) groups is 1. The standard InChI is InChI=1S/C15H19BrF3N3O4S2/c1-13(2,3)26-12(23)20-11-21-14(4,7-28(24,25)22(11)5)10-8(15(17,18)19)6-9(16)27-10/h6H,7H2,1-5H3,(H,20,21,23)/t14-/m0/s1. The molecule has 1 aliphatic heterocycles. The summed E-state index contributed by atoms with van der Waals surface area (Å²) in [4.78, 5) is 15.4. The van der Waals surface area contributed by atoms with Crippen LogP contribution in [0.3, 0.4) is 0 Å². The second kappa shape index (κ2) is 7.17. The van der Waals surface area contributed by atoms with Gasteiger partial charge in [0.15, 0.2) is 0 Å². The van der Waals surface area contributed by atoms with Gasteiger partial charge in [-0.1, -0.05) is 0 Å². The van der Waals surface area contributed by atoms with Gasteiger partial charge in [0.25, 0.3) is 0 Å². The molecule has 0 saturated carbocycles. The van der Waals surface area contributed by atoms with E-state index in [0.717, 1.165) is 24.5 Å². The second-order valence-corrected chi connectivity index (χ2v) is 11.8. The van der Waals surface area contributed by atoms with Crippen molar-refractivity contribution in [1.82, 2.24) is 9.62 Å². The van der Waals surface area contributed by atoms with Gasteiger partial charge in [-0.15, -0.1) is 16.3 Å². The molecule has 1 fully saturated rings. The van der Waals surface area contributed by atoms with Crippen LogP contribution in [-0.4, -0.2) is 43.2 Å². The predicted octanol–water partition coefficient (Wildman–Crippen LogP) is 3.90. The van der Waals surface area contributed by atoms with E-state index >= 15 is 0 Å². The molecule has 0 unspecified atom stereocenters. The Balaban J connectivity index is 2.54. The van der Waals surface area contributed by atoms with Gasteiger partial charge in [0, 0.05) is 11.9 Å². The Morgan fingerprint density at radius 1 is 1.39 bits per heavy atom. The first-order valence-electron chi connectivity index (χ1n) is 7.88. The molecule has 0 bridgehead atoms. The number of ether oxygens (including phenoxy) is 1. The van der Waals surface area contributed by atoms with E-state index in [1.54, 1.807) is 20.8 Å². The minimum atomic E-state index is -4.68. The molecule has 0 aliphatic carbocycles. The number of aliphatic imine (C=N–C) groups is 1. The van der Waals surface area contributed by atoms with Crippen molar-refractivity contribution in [2.24, 2.45) is 4.99 Å². The number of nitrogens with zero attached hydrogens (tertiary/aromatic N) is 2. The molecule has 0 aromatic carbocycles. The van der Waals surface area contributed by atoms with Crippen LogP contribution in [0.25, 0.3) is 0 Å². The van der Waals surface area contributed by atoms with Gasteiger partial charge in [-0.05, 0) is 49.7 Å². The maximum atomic E-state index is 13.4. The maximum absolute atomic E-state index is 13.4. The number of amides is 1. The number of hydrogen-bond donors (Lipinski definition) is 1. The van der Waals surface area contributed by atoms with Gasteiger partial charge in [0.2, 0.25) is 16.0 Å². The highest BCUT2D eigenvalue weighted by Gasteiger charge is 2.48. The van der Waals surface area contributed by atoms with E-state index in [2.05, 4.69) is 26.2 Å². The van der Waals surface area contributed by atoms with Crippen molar-refractivity contribution in [3.8, 4) is 0 Å². The van der Waals surface area contributed by atoms with E-state index in [9.17, 15) is 26.4 Å². The quantitative estimate of drug-likeness (QED) is 0.625. The highest BCUT2D eigenvalue weighted by molar-refractivity contribution is 9.11. The number of alkyl halides is 3. The van der Waals surface area contributed by atoms with Crippen molar-refractivity contribution in [1.29, 1.82) is 0 Å². The molecule has 1 aliphatic rings. The number of thiophene rings is 1. The summed E-state index contributed by atoms with van der Waals surface area (Å²) in [5.41, 5.74) is -3.50. The molecular formula is C15H19BrF3N3O4S2. The molecule has 1 amide bonds. The van der Waals surface area contributed by atoms with Crippen LogP contribution < -0.4 is 5.32 Å². The SMILES string of the molecule is CN1/C(=N/C(=O)OC(C)(C)C)N[C@](C)(c2sc(Br)cc2C(F)(F)F)CS1(=O)=O. The molecule has 2 rings (SSSR count). The topological polar surface area (TPSA) is 88.1 Å². The fourth-order valence-electron chi connectivity index (χ4n) is 2.53. The van der Waals surface area contributed by atoms with Gasteiger partial charge >= 0.3 is 12.3 Å². The summed E-state index contributed by atoms with van der Waals surface area (Å²) >= 11 is 3.78. The van der Waals surface area contributed by atoms with E-state index in [0.29, 0.717) is 4.31 Å². The number of carbonyl (C=O) groups excluding carboxylic acids is 1. The summed E-state index contributed by atoms with van der Waals surface area (Å²) in [5.74, 6) is -1.07. The fourth-order valence-corrected chi connectivity index (χ4v) is 5.83. The molecule has 1 aromatic rings. The van der Waals surface area contributed by atoms with Gasteiger partial charge in [0.1, 0.15) is 5.60 Å². The van der Waals surface area contributed by atoms with Crippen LogP contribution in [0, 0.1) is 0 Å². The van der Waals surface area contributed by atoms with Gasteiger partial charge in [0.05, 0.1) is 20.6 Å². The smallest absolute Gasteiger partial charge is 0.437 e. The van der Waals surface area contributed by atoms with Crippen molar-refractivity contribution in [3.63, 3.8) is 0 Å². The van der Waals surface area contributed by atoms with Gasteiger partial charge < -0.3 is 10.1 Å². The molecule has 0 radical (unpaired) electrons. The highest BCUT2D eigenvalue weighted by Crippen LogP contribution is 2.44. The van der Waals surface area contributed by atoms with Crippen LogP contribution >= 0.6 is 27.3 Å². The summed E-state index contributed by atoms with van der Waals surface area (Å²) in [5, 5.41) is 2.68. The van der Waals surface area contributed by atoms with Gasteiger partial charge in [-0.3, -0.25) is 0 Å². The summed E-state index contributed by atoms with van der Waals surface area (Å²) < 4.78 is 71.4. The summed E-state index contributed by atoms with van der Waals surface area (Å²) in [6.07, 6.45) is -5.75. The van der Waals surface area contributed by atoms with Crippen molar-refractivity contribution >= 4 is 49.3 Å². The molecule has 13 heteroatoms. The van der Waals surface area contributed by atoms with Crippen molar-refractivity contribution < 1.29 is 31.1 Å². The average molecular weight is 506 g/mol. The molecule has 158 valence electrons. The van der Waals surface area contributed by atoms with Crippen LogP contribution in [0.2, 0.25) is 0 Å². The molecule has 1 N–H and O–H groups in total. The first kappa shape index (κ1) is 22.9.